The molecule has 15 heavy (non-hydrogen) atoms. The molecule has 0 aromatic heterocycles. The second-order valence-electron chi connectivity index (χ2n) is 4.07. The topological polar surface area (TPSA) is 40.6 Å². The van der Waals surface area contributed by atoms with Crippen molar-refractivity contribution in [3.05, 3.63) is 0 Å². The van der Waals surface area contributed by atoms with Crippen LogP contribution in [0, 0.1) is 11.8 Å². The van der Waals surface area contributed by atoms with Crippen LogP contribution in [0.25, 0.3) is 0 Å². The fraction of sp³-hybridized carbons (Fsp3) is 0.667. The summed E-state index contributed by atoms with van der Waals surface area (Å²) in [5, 5.41) is 0.0602. The number of thiocarbonyl (C=S) groups is 1. The lowest BCUT2D eigenvalue weighted by Gasteiger charge is -2.36. The Kier molecular flexibility index (Phi) is 3.49. The van der Waals surface area contributed by atoms with Gasteiger partial charge in [0.2, 0.25) is 19.8 Å². The van der Waals surface area contributed by atoms with E-state index in [9.17, 15) is 9.59 Å². The molecule has 0 aromatic rings. The number of hydrogen-bond acceptors (Lipinski definition) is 3. The van der Waals surface area contributed by atoms with E-state index in [4.69, 9.17) is 20.2 Å². The number of amides is 2. The summed E-state index contributed by atoms with van der Waals surface area (Å²) in [4.78, 5) is 25.6. The van der Waals surface area contributed by atoms with Gasteiger partial charge in [-0.15, -0.1) is 0 Å². The third-order valence-corrected chi connectivity index (χ3v) is 2.83. The molecule has 1 fully saturated rings. The zero-order chi connectivity index (χ0) is 11.7. The van der Waals surface area contributed by atoms with Gasteiger partial charge in [-0.3, -0.25) is 14.5 Å². The van der Waals surface area contributed by atoms with Gasteiger partial charge in [-0.1, -0.05) is 13.8 Å². The average molecular weight is 224 g/mol. The molecule has 80 valence electrons. The lowest BCUT2D eigenvalue weighted by atomic mass is 9.92. The van der Waals surface area contributed by atoms with E-state index in [0.717, 1.165) is 4.81 Å². The van der Waals surface area contributed by atoms with Gasteiger partial charge in [-0.25, -0.2) is 0 Å². The maximum atomic E-state index is 11.8. The highest BCUT2D eigenvalue weighted by atomic mass is 32.1. The molecule has 0 N–H and O–H groups in total. The fourth-order valence-electron chi connectivity index (χ4n) is 1.53. The third-order valence-electron chi connectivity index (χ3n) is 2.36. The maximum Gasteiger partial charge on any atom is 0.241 e. The zero-order valence-electron chi connectivity index (χ0n) is 9.06. The normalized spacial score (nSPS) is 22.9. The molecule has 0 spiro atoms. The summed E-state index contributed by atoms with van der Waals surface area (Å²) in [7, 11) is 7.02. The van der Waals surface area contributed by atoms with Crippen molar-refractivity contribution in [1.82, 2.24) is 9.71 Å². The summed E-state index contributed by atoms with van der Waals surface area (Å²) in [5.74, 6) is -1.10. The van der Waals surface area contributed by atoms with Crippen LogP contribution in [-0.4, -0.2) is 41.7 Å². The Labute approximate surface area is 96.0 Å². The molecule has 4 nitrogen and oxygen atoms in total. The van der Waals surface area contributed by atoms with Crippen molar-refractivity contribution in [3.63, 3.8) is 0 Å². The van der Waals surface area contributed by atoms with Crippen LogP contribution in [0.1, 0.15) is 20.3 Å². The summed E-state index contributed by atoms with van der Waals surface area (Å²) in [6.45, 7) is 3.91. The van der Waals surface area contributed by atoms with Crippen molar-refractivity contribution >= 4 is 37.1 Å². The maximum absolute atomic E-state index is 11.8. The first-order valence-corrected chi connectivity index (χ1v) is 5.17. The van der Waals surface area contributed by atoms with Gasteiger partial charge in [-0.2, -0.15) is 0 Å². The van der Waals surface area contributed by atoms with E-state index >= 15 is 0 Å². The van der Waals surface area contributed by atoms with Crippen molar-refractivity contribution in [2.75, 3.05) is 7.05 Å². The van der Waals surface area contributed by atoms with E-state index in [1.54, 1.807) is 0 Å². The minimum Gasteiger partial charge on any atom is -0.346 e. The number of carbonyl (C=O) groups is 2. The summed E-state index contributed by atoms with van der Waals surface area (Å²) < 4.78 is 0. The van der Waals surface area contributed by atoms with Gasteiger partial charge in [0, 0.05) is 7.05 Å². The molecule has 0 bridgehead atoms. The van der Waals surface area contributed by atoms with E-state index in [2.05, 4.69) is 0 Å². The Bertz CT molecular complexity index is 295. The van der Waals surface area contributed by atoms with Gasteiger partial charge >= 0.3 is 0 Å². The largest absolute Gasteiger partial charge is 0.346 e. The van der Waals surface area contributed by atoms with Crippen LogP contribution >= 0.6 is 12.2 Å². The van der Waals surface area contributed by atoms with Gasteiger partial charge in [0.1, 0.15) is 5.92 Å². The Hall–Kier alpha value is -0.905. The first-order chi connectivity index (χ1) is 6.86. The molecular weight excluding hydrogens is 211 g/mol. The van der Waals surface area contributed by atoms with E-state index in [1.165, 1.54) is 11.9 Å². The first kappa shape index (κ1) is 12.2. The lowest BCUT2D eigenvalue weighted by Crippen LogP contribution is -2.57. The summed E-state index contributed by atoms with van der Waals surface area (Å²) in [6.07, 6.45) is 0.498. The molecule has 0 aromatic carbocycles. The monoisotopic (exact) mass is 224 g/mol. The smallest absolute Gasteiger partial charge is 0.241 e. The van der Waals surface area contributed by atoms with E-state index in [0.29, 0.717) is 6.42 Å². The molecular formula is C9H13BN2O2S. The highest BCUT2D eigenvalue weighted by Gasteiger charge is 2.39. The Morgan fingerprint density at radius 3 is 2.40 bits per heavy atom. The van der Waals surface area contributed by atoms with Gasteiger partial charge in [0.05, 0.1) is 0 Å². The predicted molar refractivity (Wildman–Crippen MR) is 60.9 cm³/mol. The van der Waals surface area contributed by atoms with Crippen LogP contribution in [0.4, 0.5) is 0 Å². The number of hydrogen-bond donors (Lipinski definition) is 0. The fourth-order valence-corrected chi connectivity index (χ4v) is 1.71. The molecule has 2 radical (unpaired) electrons. The standard InChI is InChI=1S/C9H13BN2O2S/c1-5(2)4-6-7(13)11(3)9(15)12(10)8(6)14/h5-6H,4H2,1-3H3. The van der Waals surface area contributed by atoms with E-state index in [-0.39, 0.29) is 16.9 Å². The van der Waals surface area contributed by atoms with Crippen LogP contribution in [0.3, 0.4) is 0 Å². The predicted octanol–water partition coefficient (Wildman–Crippen LogP) is 0.318. The molecule has 1 atom stereocenters. The summed E-state index contributed by atoms with van der Waals surface area (Å²) in [6, 6.07) is 0. The van der Waals surface area contributed by atoms with Gasteiger partial charge in [0.25, 0.3) is 0 Å². The first-order valence-electron chi connectivity index (χ1n) is 4.76. The molecule has 1 aliphatic heterocycles. The highest BCUT2D eigenvalue weighted by Crippen LogP contribution is 2.21. The zero-order valence-corrected chi connectivity index (χ0v) is 9.87. The summed E-state index contributed by atoms with van der Waals surface area (Å²) >= 11 is 4.86. The van der Waals surface area contributed by atoms with E-state index in [1.807, 2.05) is 13.8 Å². The van der Waals surface area contributed by atoms with Crippen molar-refractivity contribution in [3.8, 4) is 0 Å². The number of rotatable bonds is 2. The summed E-state index contributed by atoms with van der Waals surface area (Å²) in [5.41, 5.74) is 0. The van der Waals surface area contributed by atoms with Crippen LogP contribution in [-0.2, 0) is 9.59 Å². The van der Waals surface area contributed by atoms with Crippen LogP contribution in [0.5, 0.6) is 0 Å². The quantitative estimate of drug-likeness (QED) is 0.385. The molecule has 1 rings (SSSR count). The lowest BCUT2D eigenvalue weighted by molar-refractivity contribution is -0.144. The SMILES string of the molecule is [B]N1C(=O)C(CC(C)C)C(=O)N(C)C1=S. The molecule has 0 aliphatic carbocycles. The number of carbonyl (C=O) groups excluding carboxylic acids is 2. The number of nitrogens with zero attached hydrogens (tertiary/aromatic N) is 2. The molecule has 0 saturated carbocycles. The van der Waals surface area contributed by atoms with Gasteiger partial charge in [0.15, 0.2) is 5.11 Å². The highest BCUT2D eigenvalue weighted by molar-refractivity contribution is 7.80. The van der Waals surface area contributed by atoms with Crippen LogP contribution < -0.4 is 0 Å². The molecule has 1 unspecified atom stereocenters. The second kappa shape index (κ2) is 4.30. The minimum atomic E-state index is -0.688. The van der Waals surface area contributed by atoms with Crippen molar-refractivity contribution in [2.45, 2.75) is 20.3 Å². The Morgan fingerprint density at radius 2 is 1.93 bits per heavy atom. The van der Waals surface area contributed by atoms with Crippen LogP contribution in [0.2, 0.25) is 0 Å². The Balaban J connectivity index is 2.92. The van der Waals surface area contributed by atoms with Crippen LogP contribution in [0.15, 0.2) is 0 Å². The van der Waals surface area contributed by atoms with Gasteiger partial charge < -0.3 is 4.81 Å². The van der Waals surface area contributed by atoms with Crippen molar-refractivity contribution in [2.24, 2.45) is 11.8 Å². The van der Waals surface area contributed by atoms with Crippen molar-refractivity contribution < 1.29 is 9.59 Å². The molecule has 6 heteroatoms. The molecule has 2 amide bonds. The second-order valence-corrected chi connectivity index (χ2v) is 4.44. The average Bonchev–Trinajstić information content (AvgIpc) is 2.18. The molecule has 1 saturated heterocycles. The third kappa shape index (κ3) is 2.20. The van der Waals surface area contributed by atoms with Crippen molar-refractivity contribution in [1.29, 1.82) is 0 Å². The molecule has 1 heterocycles. The molecule has 1 aliphatic rings. The van der Waals surface area contributed by atoms with Gasteiger partial charge in [-0.05, 0) is 24.6 Å². The minimum absolute atomic E-state index is 0.0602. The Morgan fingerprint density at radius 1 is 1.40 bits per heavy atom. The van der Waals surface area contributed by atoms with E-state index < -0.39 is 11.8 Å².